The number of carbonyl (C=O) groups excluding carboxylic acids is 3. The molecule has 122 valence electrons. The van der Waals surface area contributed by atoms with Crippen LogP contribution in [0.5, 0.6) is 0 Å². The minimum Gasteiger partial charge on any atom is -0.366 e. The fourth-order valence-electron chi connectivity index (χ4n) is 2.28. The highest BCUT2D eigenvalue weighted by Gasteiger charge is 2.45. The lowest BCUT2D eigenvalue weighted by atomic mass is 10.1. The third-order valence-corrected chi connectivity index (χ3v) is 5.10. The number of primary amides is 1. The van der Waals surface area contributed by atoms with Gasteiger partial charge >= 0.3 is 0 Å². The molecule has 7 heteroatoms. The zero-order valence-corrected chi connectivity index (χ0v) is 13.6. The van der Waals surface area contributed by atoms with E-state index in [-0.39, 0.29) is 5.91 Å². The highest BCUT2D eigenvalue weighted by atomic mass is 32.2. The molecule has 0 saturated heterocycles. The van der Waals surface area contributed by atoms with Crippen LogP contribution >= 0.6 is 11.8 Å². The van der Waals surface area contributed by atoms with E-state index in [0.717, 1.165) is 4.90 Å². The van der Waals surface area contributed by atoms with Crippen LogP contribution in [0.4, 0.5) is 11.4 Å². The Labute approximate surface area is 142 Å². The second-order valence-electron chi connectivity index (χ2n) is 5.48. The molecule has 1 atom stereocenters. The van der Waals surface area contributed by atoms with E-state index in [4.69, 9.17) is 5.73 Å². The van der Waals surface area contributed by atoms with Crippen LogP contribution in [-0.4, -0.2) is 22.5 Å². The Bertz CT molecular complexity index is 835. The van der Waals surface area contributed by atoms with Gasteiger partial charge in [0.2, 0.25) is 17.7 Å². The first-order chi connectivity index (χ1) is 11.4. The predicted molar refractivity (Wildman–Crippen MR) is 92.9 cm³/mol. The zero-order valence-electron chi connectivity index (χ0n) is 12.8. The number of nitrogens with two attached hydrogens (primary N) is 1. The molecule has 6 nitrogen and oxygen atoms in total. The second-order valence-corrected chi connectivity index (χ2v) is 6.94. The van der Waals surface area contributed by atoms with E-state index in [9.17, 15) is 14.4 Å². The van der Waals surface area contributed by atoms with Crippen molar-refractivity contribution in [3.05, 3.63) is 54.1 Å². The standard InChI is InChI=1S/C17H15N3O3S/c1-17(16(23)20-12-4-2-3-5-13(12)24-17)15(22)19-11-8-6-10(7-9-11)14(18)21/h2-9H,1H3,(H2,18,21)(H,19,22)(H,20,23). The van der Waals surface area contributed by atoms with Gasteiger partial charge in [-0.05, 0) is 43.3 Å². The average molecular weight is 341 g/mol. The molecule has 0 fully saturated rings. The van der Waals surface area contributed by atoms with Gasteiger partial charge in [-0.1, -0.05) is 23.9 Å². The van der Waals surface area contributed by atoms with Gasteiger partial charge in [0.1, 0.15) is 0 Å². The van der Waals surface area contributed by atoms with Gasteiger partial charge in [-0.25, -0.2) is 0 Å². The van der Waals surface area contributed by atoms with Crippen LogP contribution < -0.4 is 16.4 Å². The van der Waals surface area contributed by atoms with Gasteiger partial charge in [0.05, 0.1) is 5.69 Å². The van der Waals surface area contributed by atoms with Crippen LogP contribution in [0, 0.1) is 0 Å². The smallest absolute Gasteiger partial charge is 0.250 e. The van der Waals surface area contributed by atoms with Crippen LogP contribution in [0.3, 0.4) is 0 Å². The largest absolute Gasteiger partial charge is 0.366 e. The lowest BCUT2D eigenvalue weighted by Crippen LogP contribution is -2.49. The van der Waals surface area contributed by atoms with Gasteiger partial charge in [0, 0.05) is 16.1 Å². The summed E-state index contributed by atoms with van der Waals surface area (Å²) in [4.78, 5) is 36.9. The summed E-state index contributed by atoms with van der Waals surface area (Å²) in [5.74, 6) is -1.36. The highest BCUT2D eigenvalue weighted by Crippen LogP contribution is 2.42. The molecular formula is C17H15N3O3S. The summed E-state index contributed by atoms with van der Waals surface area (Å²) in [6, 6.07) is 13.5. The van der Waals surface area contributed by atoms with Crippen molar-refractivity contribution in [3.63, 3.8) is 0 Å². The molecule has 3 rings (SSSR count). The number of benzene rings is 2. The SMILES string of the molecule is CC1(C(=O)Nc2ccc(C(N)=O)cc2)Sc2ccccc2NC1=O. The average Bonchev–Trinajstić information content (AvgIpc) is 2.56. The summed E-state index contributed by atoms with van der Waals surface area (Å²) in [5.41, 5.74) is 6.71. The maximum absolute atomic E-state index is 12.6. The van der Waals surface area contributed by atoms with E-state index in [1.165, 1.54) is 23.9 Å². The van der Waals surface area contributed by atoms with Crippen molar-refractivity contribution in [2.45, 2.75) is 16.6 Å². The summed E-state index contributed by atoms with van der Waals surface area (Å²) in [5, 5.41) is 5.47. The van der Waals surface area contributed by atoms with Crippen molar-refractivity contribution in [2.24, 2.45) is 5.73 Å². The van der Waals surface area contributed by atoms with Gasteiger partial charge in [0.15, 0.2) is 4.75 Å². The minimum atomic E-state index is -1.29. The molecule has 1 unspecified atom stereocenters. The molecule has 2 aromatic carbocycles. The second kappa shape index (κ2) is 6.01. The van der Waals surface area contributed by atoms with Gasteiger partial charge in [0.25, 0.3) is 0 Å². The lowest BCUT2D eigenvalue weighted by Gasteiger charge is -2.31. The molecule has 0 aliphatic carbocycles. The Balaban J connectivity index is 1.81. The van der Waals surface area contributed by atoms with Crippen molar-refractivity contribution < 1.29 is 14.4 Å². The summed E-state index contributed by atoms with van der Waals surface area (Å²) in [6.07, 6.45) is 0. The Morgan fingerprint density at radius 2 is 1.79 bits per heavy atom. The van der Waals surface area contributed by atoms with Gasteiger partial charge in [-0.3, -0.25) is 14.4 Å². The first-order valence-electron chi connectivity index (χ1n) is 7.21. The highest BCUT2D eigenvalue weighted by molar-refractivity contribution is 8.02. The van der Waals surface area contributed by atoms with Crippen molar-refractivity contribution >= 4 is 40.9 Å². The number of thioether (sulfide) groups is 1. The molecule has 3 amide bonds. The van der Waals surface area contributed by atoms with E-state index in [1.54, 1.807) is 25.1 Å². The third kappa shape index (κ3) is 2.85. The molecule has 4 N–H and O–H groups in total. The lowest BCUT2D eigenvalue weighted by molar-refractivity contribution is -0.126. The molecule has 0 aromatic heterocycles. The first-order valence-corrected chi connectivity index (χ1v) is 8.02. The molecule has 1 aliphatic heterocycles. The van der Waals surface area contributed by atoms with Crippen molar-refractivity contribution in [1.82, 2.24) is 0 Å². The van der Waals surface area contributed by atoms with Crippen molar-refractivity contribution in [2.75, 3.05) is 10.6 Å². The Kier molecular flexibility index (Phi) is 4.02. The Hall–Kier alpha value is -2.80. The molecular weight excluding hydrogens is 326 g/mol. The van der Waals surface area contributed by atoms with E-state index < -0.39 is 16.6 Å². The normalized spacial score (nSPS) is 19.1. The quantitative estimate of drug-likeness (QED) is 0.745. The summed E-state index contributed by atoms with van der Waals surface area (Å²) in [6.45, 7) is 1.58. The van der Waals surface area contributed by atoms with Crippen LogP contribution in [0.2, 0.25) is 0 Å². The van der Waals surface area contributed by atoms with E-state index in [1.807, 2.05) is 18.2 Å². The number of rotatable bonds is 3. The van der Waals surface area contributed by atoms with Crippen LogP contribution in [0.25, 0.3) is 0 Å². The maximum Gasteiger partial charge on any atom is 0.250 e. The summed E-state index contributed by atoms with van der Waals surface area (Å²) >= 11 is 1.20. The Morgan fingerprint density at radius 3 is 2.46 bits per heavy atom. The molecule has 0 spiro atoms. The molecule has 0 saturated carbocycles. The number of hydrogen-bond donors (Lipinski definition) is 3. The molecule has 1 heterocycles. The first kappa shape index (κ1) is 16.1. The molecule has 2 aromatic rings. The number of para-hydroxylation sites is 1. The maximum atomic E-state index is 12.6. The summed E-state index contributed by atoms with van der Waals surface area (Å²) < 4.78 is -1.29. The van der Waals surface area contributed by atoms with Crippen molar-refractivity contribution in [3.8, 4) is 0 Å². The summed E-state index contributed by atoms with van der Waals surface area (Å²) in [7, 11) is 0. The predicted octanol–water partition coefficient (Wildman–Crippen LogP) is 2.23. The minimum absolute atomic E-state index is 0.345. The van der Waals surface area contributed by atoms with Crippen LogP contribution in [0.1, 0.15) is 17.3 Å². The van der Waals surface area contributed by atoms with Crippen molar-refractivity contribution in [1.29, 1.82) is 0 Å². The number of nitrogens with one attached hydrogen (secondary N) is 2. The van der Waals surface area contributed by atoms with Crippen LogP contribution in [-0.2, 0) is 9.59 Å². The fourth-order valence-corrected chi connectivity index (χ4v) is 3.39. The molecule has 24 heavy (non-hydrogen) atoms. The number of anilines is 2. The molecule has 1 aliphatic rings. The number of fused-ring (bicyclic) bond motifs is 1. The zero-order chi connectivity index (χ0) is 17.3. The van der Waals surface area contributed by atoms with Crippen LogP contribution in [0.15, 0.2) is 53.4 Å². The van der Waals surface area contributed by atoms with E-state index >= 15 is 0 Å². The fraction of sp³-hybridized carbons (Fsp3) is 0.118. The molecule has 0 bridgehead atoms. The number of carbonyl (C=O) groups is 3. The molecule has 0 radical (unpaired) electrons. The number of hydrogen-bond acceptors (Lipinski definition) is 4. The van der Waals surface area contributed by atoms with Gasteiger partial charge in [-0.15, -0.1) is 0 Å². The van der Waals surface area contributed by atoms with E-state index in [2.05, 4.69) is 10.6 Å². The Morgan fingerprint density at radius 1 is 1.12 bits per heavy atom. The van der Waals surface area contributed by atoms with Gasteiger partial charge < -0.3 is 16.4 Å². The monoisotopic (exact) mass is 341 g/mol. The van der Waals surface area contributed by atoms with E-state index in [0.29, 0.717) is 16.9 Å². The van der Waals surface area contributed by atoms with Gasteiger partial charge in [-0.2, -0.15) is 0 Å². The number of amides is 3. The topological polar surface area (TPSA) is 101 Å². The third-order valence-electron chi connectivity index (χ3n) is 3.74.